The minimum absolute atomic E-state index is 0.113. The number of carboxylic acid groups (broad SMARTS) is 1. The number of carbonyl (C=O) groups is 1. The number of benzene rings is 1. The second-order valence-corrected chi connectivity index (χ2v) is 8.34. The molecule has 1 aromatic carbocycles. The van der Waals surface area contributed by atoms with Crippen molar-refractivity contribution < 1.29 is 19.4 Å². The molecule has 1 amide bonds. The number of hydrogen-bond acceptors (Lipinski definition) is 8. The van der Waals surface area contributed by atoms with E-state index in [1.807, 2.05) is 12.3 Å². The number of nitrogens with zero attached hydrogens (tertiary/aromatic N) is 4. The van der Waals surface area contributed by atoms with E-state index in [0.717, 1.165) is 29.1 Å². The maximum atomic E-state index is 11.5. The van der Waals surface area contributed by atoms with Gasteiger partial charge in [-0.15, -0.1) is 11.8 Å². The Morgan fingerprint density at radius 1 is 1.24 bits per heavy atom. The van der Waals surface area contributed by atoms with Gasteiger partial charge in [-0.05, 0) is 49.4 Å². The summed E-state index contributed by atoms with van der Waals surface area (Å²) in [7, 11) is 1.61. The molecule has 2 N–H and O–H groups in total. The number of thioether (sulfide) groups is 1. The lowest BCUT2D eigenvalue weighted by molar-refractivity contribution is 0.142. The summed E-state index contributed by atoms with van der Waals surface area (Å²) in [6.45, 7) is 0.989. The molecule has 33 heavy (non-hydrogen) atoms. The molecular weight excluding hydrogens is 442 g/mol. The number of nitrogens with one attached hydrogen (secondary N) is 1. The zero-order valence-corrected chi connectivity index (χ0v) is 19.2. The number of likely N-dealkylation sites (tertiary alicyclic amines) is 1. The summed E-state index contributed by atoms with van der Waals surface area (Å²) in [6.07, 6.45) is 7.89. The first-order valence-corrected chi connectivity index (χ1v) is 11.7. The van der Waals surface area contributed by atoms with Crippen LogP contribution in [0.4, 0.5) is 10.5 Å². The minimum atomic E-state index is -0.901. The molecule has 0 bridgehead atoms. The Balaban J connectivity index is 1.61. The van der Waals surface area contributed by atoms with Crippen LogP contribution in [0.2, 0.25) is 0 Å². The first-order valence-electron chi connectivity index (χ1n) is 10.5. The Labute approximate surface area is 196 Å². The van der Waals surface area contributed by atoms with Crippen molar-refractivity contribution in [3.8, 4) is 28.8 Å². The minimum Gasteiger partial charge on any atom is -0.497 e. The molecule has 3 heterocycles. The van der Waals surface area contributed by atoms with Gasteiger partial charge in [-0.25, -0.2) is 9.78 Å². The third kappa shape index (κ3) is 5.46. The largest absolute Gasteiger partial charge is 0.497 e. The number of aromatic nitrogens is 3. The second-order valence-electron chi connectivity index (χ2n) is 7.46. The highest BCUT2D eigenvalue weighted by Crippen LogP contribution is 2.31. The smallest absolute Gasteiger partial charge is 0.407 e. The highest BCUT2D eigenvalue weighted by Gasteiger charge is 2.28. The van der Waals surface area contributed by atoms with Crippen LogP contribution in [0.1, 0.15) is 12.8 Å². The van der Waals surface area contributed by atoms with Gasteiger partial charge in [0.25, 0.3) is 0 Å². The van der Waals surface area contributed by atoms with E-state index >= 15 is 0 Å². The lowest BCUT2D eigenvalue weighted by Crippen LogP contribution is -2.38. The molecule has 0 saturated carbocycles. The molecule has 1 fully saturated rings. The molecular formula is C23H25N5O4S. The average molecular weight is 468 g/mol. The molecule has 4 rings (SSSR count). The zero-order valence-electron chi connectivity index (χ0n) is 18.4. The van der Waals surface area contributed by atoms with Crippen molar-refractivity contribution in [2.75, 3.05) is 31.8 Å². The molecule has 0 spiro atoms. The van der Waals surface area contributed by atoms with Gasteiger partial charge in [0.2, 0.25) is 5.88 Å². The Kier molecular flexibility index (Phi) is 7.13. The van der Waals surface area contributed by atoms with Crippen LogP contribution in [0.25, 0.3) is 11.4 Å². The summed E-state index contributed by atoms with van der Waals surface area (Å²) in [6, 6.07) is 9.06. The highest BCUT2D eigenvalue weighted by atomic mass is 32.2. The van der Waals surface area contributed by atoms with Crippen LogP contribution in [0.5, 0.6) is 17.4 Å². The Morgan fingerprint density at radius 2 is 2.03 bits per heavy atom. The lowest BCUT2D eigenvalue weighted by Gasteiger charge is -2.22. The summed E-state index contributed by atoms with van der Waals surface area (Å²) >= 11 is 1.59. The van der Waals surface area contributed by atoms with E-state index in [0.29, 0.717) is 36.2 Å². The van der Waals surface area contributed by atoms with Gasteiger partial charge in [-0.2, -0.15) is 4.98 Å². The van der Waals surface area contributed by atoms with Gasteiger partial charge in [0.1, 0.15) is 17.2 Å². The van der Waals surface area contributed by atoms with Crippen LogP contribution >= 0.6 is 11.8 Å². The first-order chi connectivity index (χ1) is 16.1. The van der Waals surface area contributed by atoms with E-state index in [2.05, 4.69) is 20.3 Å². The summed E-state index contributed by atoms with van der Waals surface area (Å²) in [5.74, 6) is 2.15. The molecule has 2 aromatic heterocycles. The Morgan fingerprint density at radius 3 is 2.76 bits per heavy atom. The molecule has 10 heteroatoms. The number of hydrogen-bond donors (Lipinski definition) is 2. The Bertz CT molecular complexity index is 1110. The summed E-state index contributed by atoms with van der Waals surface area (Å²) in [4.78, 5) is 27.4. The molecule has 0 aliphatic carbocycles. The topological polar surface area (TPSA) is 110 Å². The lowest BCUT2D eigenvalue weighted by atomic mass is 10.2. The molecule has 172 valence electrons. The second kappa shape index (κ2) is 10.4. The molecule has 3 aromatic rings. The number of pyridine rings is 1. The molecule has 1 aliphatic heterocycles. The third-order valence-electron chi connectivity index (χ3n) is 5.39. The zero-order chi connectivity index (χ0) is 23.2. The van der Waals surface area contributed by atoms with Gasteiger partial charge in [0, 0.05) is 35.9 Å². The van der Waals surface area contributed by atoms with Crippen LogP contribution in [0.3, 0.4) is 0 Å². The standard InChI is InChI=1S/C23H25N5O4S/c1-31-17-5-7-18(8-6-17)32-22-20(25-12-16-4-3-9-28(16)23(29)30)14-26-21(27-22)15-10-19(33-2)13-24-11-15/h5-8,10-11,13-14,16,25H,3-4,9,12H2,1-2H3,(H,29,30)/t16-/m0/s1. The molecule has 1 aliphatic rings. The monoisotopic (exact) mass is 467 g/mol. The summed E-state index contributed by atoms with van der Waals surface area (Å²) in [5, 5.41) is 12.7. The van der Waals surface area contributed by atoms with Gasteiger partial charge < -0.3 is 24.8 Å². The maximum Gasteiger partial charge on any atom is 0.407 e. The van der Waals surface area contributed by atoms with Crippen molar-refractivity contribution in [3.05, 3.63) is 48.9 Å². The number of rotatable bonds is 8. The van der Waals surface area contributed by atoms with Crippen molar-refractivity contribution >= 4 is 23.5 Å². The van der Waals surface area contributed by atoms with E-state index in [1.165, 1.54) is 4.90 Å². The number of anilines is 1. The Hall–Kier alpha value is -3.53. The first kappa shape index (κ1) is 22.7. The van der Waals surface area contributed by atoms with Crippen LogP contribution in [0.15, 0.2) is 53.8 Å². The highest BCUT2D eigenvalue weighted by molar-refractivity contribution is 7.98. The van der Waals surface area contributed by atoms with Gasteiger partial charge >= 0.3 is 6.09 Å². The van der Waals surface area contributed by atoms with E-state index < -0.39 is 6.09 Å². The predicted molar refractivity (Wildman–Crippen MR) is 126 cm³/mol. The SMILES string of the molecule is COc1ccc(Oc2nc(-c3cncc(SC)c3)ncc2NC[C@@H]2CCCN2C(=O)O)cc1. The van der Waals surface area contributed by atoms with Gasteiger partial charge in [-0.3, -0.25) is 4.98 Å². The average Bonchev–Trinajstić information content (AvgIpc) is 3.33. The normalized spacial score (nSPS) is 15.3. The van der Waals surface area contributed by atoms with Gasteiger partial charge in [0.15, 0.2) is 5.82 Å². The van der Waals surface area contributed by atoms with Gasteiger partial charge in [0.05, 0.1) is 19.3 Å². The van der Waals surface area contributed by atoms with E-state index in [-0.39, 0.29) is 6.04 Å². The fourth-order valence-corrected chi connectivity index (χ4v) is 4.05. The summed E-state index contributed by atoms with van der Waals surface area (Å²) in [5.41, 5.74) is 1.36. The molecule has 0 radical (unpaired) electrons. The number of ether oxygens (including phenoxy) is 2. The van der Waals surface area contributed by atoms with Crippen molar-refractivity contribution in [1.82, 2.24) is 19.9 Å². The number of methoxy groups -OCH3 is 1. The molecule has 0 unspecified atom stereocenters. The molecule has 1 saturated heterocycles. The van der Waals surface area contributed by atoms with Crippen LogP contribution in [0, 0.1) is 0 Å². The molecule has 1 atom stereocenters. The fourth-order valence-electron chi connectivity index (χ4n) is 3.64. The molecule has 9 nitrogen and oxygen atoms in total. The van der Waals surface area contributed by atoms with Crippen molar-refractivity contribution in [2.24, 2.45) is 0 Å². The maximum absolute atomic E-state index is 11.5. The van der Waals surface area contributed by atoms with E-state index in [1.54, 1.807) is 61.7 Å². The van der Waals surface area contributed by atoms with Crippen LogP contribution in [-0.4, -0.2) is 63.5 Å². The summed E-state index contributed by atoms with van der Waals surface area (Å²) < 4.78 is 11.3. The third-order valence-corrected chi connectivity index (χ3v) is 6.08. The fraction of sp³-hybridized carbons (Fsp3) is 0.304. The van der Waals surface area contributed by atoms with Crippen LogP contribution in [-0.2, 0) is 0 Å². The van der Waals surface area contributed by atoms with E-state index in [9.17, 15) is 9.90 Å². The van der Waals surface area contributed by atoms with Crippen molar-refractivity contribution in [1.29, 1.82) is 0 Å². The van der Waals surface area contributed by atoms with Crippen molar-refractivity contribution in [2.45, 2.75) is 23.8 Å². The number of amides is 1. The van der Waals surface area contributed by atoms with E-state index in [4.69, 9.17) is 9.47 Å². The van der Waals surface area contributed by atoms with Crippen molar-refractivity contribution in [3.63, 3.8) is 0 Å². The van der Waals surface area contributed by atoms with Crippen LogP contribution < -0.4 is 14.8 Å². The predicted octanol–water partition coefficient (Wildman–Crippen LogP) is 4.62. The quantitative estimate of drug-likeness (QED) is 0.459. The van der Waals surface area contributed by atoms with Gasteiger partial charge in [-0.1, -0.05) is 0 Å².